The minimum absolute atomic E-state index is 0.374. The van der Waals surface area contributed by atoms with Crippen LogP contribution in [0.3, 0.4) is 0 Å². The van der Waals surface area contributed by atoms with Gasteiger partial charge in [-0.2, -0.15) is 13.7 Å². The summed E-state index contributed by atoms with van der Waals surface area (Å²) in [6.45, 7) is 8.11. The van der Waals surface area contributed by atoms with Gasteiger partial charge in [-0.05, 0) is 177 Å². The third kappa shape index (κ3) is 10.4. The molecule has 6 nitrogen and oxygen atoms in total. The highest BCUT2D eigenvalue weighted by Crippen LogP contribution is 2.39. The van der Waals surface area contributed by atoms with Gasteiger partial charge in [0.2, 0.25) is 17.1 Å². The van der Waals surface area contributed by atoms with Crippen LogP contribution in [0.25, 0.3) is 154 Å². The van der Waals surface area contributed by atoms with Crippen molar-refractivity contribution in [1.82, 2.24) is 13.7 Å². The summed E-state index contributed by atoms with van der Waals surface area (Å²) in [7, 11) is 12.7. The molecule has 6 heteroatoms. The van der Waals surface area contributed by atoms with Crippen LogP contribution in [0.5, 0.6) is 0 Å². The number of benzene rings is 11. The van der Waals surface area contributed by atoms with Crippen LogP contribution < -0.4 is 13.7 Å². The van der Waals surface area contributed by atoms with Crippen LogP contribution in [-0.4, -0.2) is 13.7 Å². The number of pyridine rings is 3. The fraction of sp³-hybridized carbons (Fsp3) is 0.148. The van der Waals surface area contributed by atoms with Crippen molar-refractivity contribution in [1.29, 1.82) is 0 Å². The van der Waals surface area contributed by atoms with Gasteiger partial charge in [-0.25, -0.2) is 0 Å². The quantitative estimate of drug-likeness (QED) is 0.148. The Morgan fingerprint density at radius 3 is 1.06 bits per heavy atom. The van der Waals surface area contributed by atoms with E-state index in [1.807, 2.05) is 40.0 Å². The monoisotopic (exact) mass is 1220 g/mol. The van der Waals surface area contributed by atoms with E-state index >= 15 is 0 Å². The first-order valence-electron chi connectivity index (χ1n) is 34.5. The molecule has 0 atom stereocenters. The van der Waals surface area contributed by atoms with Crippen LogP contribution in [0, 0.1) is 27.6 Å². The second kappa shape index (κ2) is 23.6. The lowest BCUT2D eigenvalue weighted by atomic mass is 9.98. The normalized spacial score (nSPS) is 12.6. The van der Waals surface area contributed by atoms with Crippen molar-refractivity contribution < 1.29 is 19.2 Å². The average molecular weight is 1220 g/mol. The fourth-order valence-corrected chi connectivity index (χ4v) is 14.5. The van der Waals surface area contributed by atoms with Crippen LogP contribution in [-0.2, 0) is 42.3 Å². The summed E-state index contributed by atoms with van der Waals surface area (Å²) < 4.78 is 45.1. The van der Waals surface area contributed by atoms with Gasteiger partial charge in [-0.1, -0.05) is 171 Å². The maximum atomic E-state index is 8.38. The maximum Gasteiger partial charge on any atom is 0.213 e. The number of aromatic nitrogens is 6. The number of rotatable bonds is 6. The molecule has 0 radical (unpaired) electrons. The number of nitrogens with zero attached hydrogens (tertiary/aromatic N) is 6. The zero-order valence-electron chi connectivity index (χ0n) is 59.4. The Kier molecular flexibility index (Phi) is 13.8. The lowest BCUT2D eigenvalue weighted by Crippen LogP contribution is -2.30. The zero-order chi connectivity index (χ0) is 68.2. The summed E-state index contributed by atoms with van der Waals surface area (Å²) in [5.74, 6) is -0.599. The highest BCUT2D eigenvalue weighted by Gasteiger charge is 2.23. The summed E-state index contributed by atoms with van der Waals surface area (Å²) in [6.07, 6.45) is 6.67. The van der Waals surface area contributed by atoms with Crippen LogP contribution in [0.15, 0.2) is 255 Å². The van der Waals surface area contributed by atoms with Crippen LogP contribution >= 0.6 is 0 Å². The highest BCUT2D eigenvalue weighted by atomic mass is 15.0. The highest BCUT2D eigenvalue weighted by molar-refractivity contribution is 6.16. The molecule has 94 heavy (non-hydrogen) atoms. The third-order valence-electron chi connectivity index (χ3n) is 19.8. The first-order chi connectivity index (χ1) is 47.0. The predicted octanol–water partition coefficient (Wildman–Crippen LogP) is 20.6. The molecule has 6 heterocycles. The van der Waals surface area contributed by atoms with E-state index in [0.29, 0.717) is 5.56 Å². The number of fused-ring (bicyclic) bond motifs is 12. The predicted molar refractivity (Wildman–Crippen MR) is 398 cm³/mol. The number of hydrogen-bond donors (Lipinski definition) is 0. The van der Waals surface area contributed by atoms with Gasteiger partial charge in [0, 0.05) is 110 Å². The van der Waals surface area contributed by atoms with Gasteiger partial charge in [0.25, 0.3) is 0 Å². The molecule has 0 spiro atoms. The third-order valence-corrected chi connectivity index (χ3v) is 19.8. The van der Waals surface area contributed by atoms with E-state index in [1.165, 1.54) is 148 Å². The van der Waals surface area contributed by atoms with Crippen LogP contribution in [0.1, 0.15) is 53.0 Å². The lowest BCUT2D eigenvalue weighted by molar-refractivity contribution is -0.659. The largest absolute Gasteiger partial charge is 0.339 e. The molecule has 0 saturated carbocycles. The molecule has 0 saturated heterocycles. The fourth-order valence-electron chi connectivity index (χ4n) is 14.5. The first kappa shape index (κ1) is 54.8. The smallest absolute Gasteiger partial charge is 0.213 e. The number of hydrogen-bond acceptors (Lipinski definition) is 0. The lowest BCUT2D eigenvalue weighted by Gasteiger charge is -2.07. The van der Waals surface area contributed by atoms with Gasteiger partial charge in [0.1, 0.15) is 37.7 Å². The van der Waals surface area contributed by atoms with Crippen LogP contribution in [0.2, 0.25) is 0 Å². The van der Waals surface area contributed by atoms with Crippen molar-refractivity contribution in [2.45, 2.75) is 47.4 Å². The molecule has 0 unspecified atom stereocenters. The van der Waals surface area contributed by atoms with Crippen molar-refractivity contribution in [3.63, 3.8) is 0 Å². The molecule has 458 valence electrons. The Hall–Kier alpha value is -11.0. The minimum Gasteiger partial charge on any atom is -0.339 e. The second-order valence-electron chi connectivity index (χ2n) is 26.1. The molecule has 11 aromatic carbocycles. The molecule has 0 bridgehead atoms. The molecule has 0 amide bonds. The van der Waals surface area contributed by atoms with Crippen molar-refractivity contribution >= 4 is 97.7 Å². The van der Waals surface area contributed by atoms with E-state index in [0.717, 1.165) is 27.9 Å². The summed E-state index contributed by atoms with van der Waals surface area (Å²) in [6, 6.07) is 84.3. The molecular weight excluding hydrogens is 1140 g/mol. The Morgan fingerprint density at radius 2 is 0.681 bits per heavy atom. The first-order valence-corrected chi connectivity index (χ1v) is 32.5. The van der Waals surface area contributed by atoms with E-state index in [2.05, 4.69) is 307 Å². The molecular formula is C88H79N6+3. The van der Waals surface area contributed by atoms with Crippen molar-refractivity contribution in [2.75, 3.05) is 0 Å². The minimum atomic E-state index is -2.10. The van der Waals surface area contributed by atoms with Crippen LogP contribution in [0.4, 0.5) is 0 Å². The molecule has 0 aliphatic carbocycles. The van der Waals surface area contributed by atoms with E-state index in [9.17, 15) is 0 Å². The Balaban J connectivity index is 0.000000121. The molecule has 0 fully saturated rings. The Bertz CT molecular complexity index is 6060. The summed E-state index contributed by atoms with van der Waals surface area (Å²) >= 11 is 0. The maximum absolute atomic E-state index is 8.38. The van der Waals surface area contributed by atoms with Gasteiger partial charge in [0.15, 0.2) is 18.6 Å². The average Bonchev–Trinajstić information content (AvgIpc) is 1.57. The van der Waals surface area contributed by atoms with E-state index in [1.54, 1.807) is 12.1 Å². The zero-order valence-corrected chi connectivity index (χ0v) is 55.4. The Morgan fingerprint density at radius 1 is 0.319 bits per heavy atom. The van der Waals surface area contributed by atoms with Crippen molar-refractivity contribution in [3.05, 3.63) is 283 Å². The van der Waals surface area contributed by atoms with E-state index in [4.69, 9.17) is 5.48 Å². The molecule has 6 aromatic heterocycles. The molecule has 0 N–H and O–H groups in total. The van der Waals surface area contributed by atoms with Gasteiger partial charge >= 0.3 is 0 Å². The topological polar surface area (TPSA) is 26.4 Å². The SMILES string of the molecule is Cc1ccccc1-c1cc2c3cc4ccc(-c5ccccc5)cc4cc3n(C)c2c[n+]1C.[2H]C(C)(C)c1ccc2cc3c4cc(-c5ccccc5C)[n+](C)cc4n(C)c3cc2c1.[2H]C([2H])([2H])c1ccc(-c2cc3c4cc5ccc(-c6ccccc6)cc5cc4n(C)c3c[n+]2C)c(C)c1. The van der Waals surface area contributed by atoms with E-state index in [-0.39, 0.29) is 0 Å². The van der Waals surface area contributed by atoms with Gasteiger partial charge in [0.05, 0.1) is 0 Å². The van der Waals surface area contributed by atoms with Gasteiger partial charge in [-0.15, -0.1) is 0 Å². The summed E-state index contributed by atoms with van der Waals surface area (Å²) in [5, 5.41) is 14.9. The van der Waals surface area contributed by atoms with Crippen molar-refractivity contribution in [3.8, 4) is 56.0 Å². The van der Waals surface area contributed by atoms with Gasteiger partial charge in [-0.3, -0.25) is 0 Å². The second-order valence-corrected chi connectivity index (χ2v) is 26.1. The Labute approximate surface area is 556 Å². The standard InChI is InChI=1S/C31H27N2.C30H25N2.C27H27N2/c1-20-10-13-26(21(2)14-20)29-18-28-27-16-24-12-11-23(22-8-6-5-7-9-22)15-25(24)17-30(27)33(4)31(28)19-32(29)3;1-20-9-7-8-12-25(20)28-18-27-26-16-23-14-13-22(21-10-5-4-6-11-21)15-24(23)17-29(26)32(3)30(27)19-31(28)2;1-17(2)19-10-11-20-13-23-24-15-25(22-9-7-6-8-18(22)3)28(4)16-27(24)29(5)26(23)14-21(20)12-19/h5-19H,1-4H3;4-19H,1-3H3;6-17H,1-5H3/q3*+1/i1D3;;17D. The van der Waals surface area contributed by atoms with Gasteiger partial charge < -0.3 is 13.7 Å². The molecule has 0 aliphatic rings. The summed E-state index contributed by atoms with van der Waals surface area (Å²) in [5.41, 5.74) is 24.3. The van der Waals surface area contributed by atoms with Crippen molar-refractivity contribution in [2.24, 2.45) is 42.3 Å². The molecule has 0 aliphatic heterocycles. The molecule has 17 rings (SSSR count). The summed E-state index contributed by atoms with van der Waals surface area (Å²) in [4.78, 5) is 0. The molecule has 17 aromatic rings. The van der Waals surface area contributed by atoms with E-state index < -0.39 is 12.7 Å². The number of aryl methyl sites for hydroxylation is 10.